The molecule has 1 aromatic heterocycles. The normalized spacial score (nSPS) is 11.3. The minimum Gasteiger partial charge on any atom is -0.484 e. The summed E-state index contributed by atoms with van der Waals surface area (Å²) >= 11 is 0. The lowest BCUT2D eigenvalue weighted by molar-refractivity contribution is -0.153. The molecule has 5 nitrogen and oxygen atoms in total. The average molecular weight is 368 g/mol. The van der Waals surface area contributed by atoms with Crippen molar-refractivity contribution >= 4 is 17.4 Å². The van der Waals surface area contributed by atoms with E-state index in [1.165, 1.54) is 31.2 Å². The summed E-state index contributed by atoms with van der Waals surface area (Å²) in [6, 6.07) is 5.68. The van der Waals surface area contributed by atoms with Gasteiger partial charge in [-0.05, 0) is 38.0 Å². The number of amides is 1. The number of hydrogen-bond donors (Lipinski definition) is 2. The zero-order valence-electron chi connectivity index (χ0n) is 14.6. The van der Waals surface area contributed by atoms with E-state index in [0.29, 0.717) is 23.2 Å². The van der Waals surface area contributed by atoms with Crippen LogP contribution in [0.15, 0.2) is 24.3 Å². The molecule has 1 aromatic carbocycles. The fourth-order valence-corrected chi connectivity index (χ4v) is 2.72. The smallest absolute Gasteiger partial charge is 0.422 e. The highest BCUT2D eigenvalue weighted by Crippen LogP contribution is 2.24. The molecular formula is C18H19F3N2O3. The molecule has 1 amide bonds. The van der Waals surface area contributed by atoms with Crippen LogP contribution in [0.3, 0.4) is 0 Å². The number of alkyl halides is 3. The lowest BCUT2D eigenvalue weighted by atomic mass is 10.0. The molecule has 0 spiro atoms. The molecule has 0 saturated carbocycles. The van der Waals surface area contributed by atoms with Gasteiger partial charge in [0.05, 0.1) is 0 Å². The molecule has 0 bridgehead atoms. The summed E-state index contributed by atoms with van der Waals surface area (Å²) in [4.78, 5) is 27.2. The number of ketones is 1. The van der Waals surface area contributed by atoms with Gasteiger partial charge in [0.25, 0.3) is 5.91 Å². The topological polar surface area (TPSA) is 71.2 Å². The van der Waals surface area contributed by atoms with Crippen LogP contribution in [0, 0.1) is 6.92 Å². The first-order valence-corrected chi connectivity index (χ1v) is 7.95. The molecule has 2 N–H and O–H groups in total. The van der Waals surface area contributed by atoms with Gasteiger partial charge in [0.1, 0.15) is 11.4 Å². The van der Waals surface area contributed by atoms with E-state index in [-0.39, 0.29) is 22.9 Å². The highest BCUT2D eigenvalue weighted by molar-refractivity contribution is 6.07. The summed E-state index contributed by atoms with van der Waals surface area (Å²) < 4.78 is 41.4. The summed E-state index contributed by atoms with van der Waals surface area (Å²) in [5.74, 6) is -0.634. The number of carbonyl (C=O) groups excluding carboxylic acids is 2. The zero-order valence-corrected chi connectivity index (χ0v) is 14.6. The van der Waals surface area contributed by atoms with Gasteiger partial charge in [-0.3, -0.25) is 9.59 Å². The maximum absolute atomic E-state index is 12.5. The molecule has 1 heterocycles. The molecule has 2 aromatic rings. The van der Waals surface area contributed by atoms with Gasteiger partial charge in [-0.15, -0.1) is 0 Å². The summed E-state index contributed by atoms with van der Waals surface area (Å²) in [7, 11) is 0. The van der Waals surface area contributed by atoms with Crippen molar-refractivity contribution in [1.82, 2.24) is 4.98 Å². The quantitative estimate of drug-likeness (QED) is 0.748. The maximum atomic E-state index is 12.5. The predicted molar refractivity (Wildman–Crippen MR) is 90.9 cm³/mol. The number of H-pyrrole nitrogens is 1. The molecule has 0 saturated heterocycles. The second-order valence-electron chi connectivity index (χ2n) is 5.77. The molecular weight excluding hydrogens is 349 g/mol. The van der Waals surface area contributed by atoms with E-state index in [4.69, 9.17) is 0 Å². The van der Waals surface area contributed by atoms with Gasteiger partial charge in [0.2, 0.25) is 0 Å². The van der Waals surface area contributed by atoms with Crippen LogP contribution in [-0.4, -0.2) is 29.5 Å². The molecule has 0 atom stereocenters. The number of aromatic nitrogens is 1. The number of hydrogen-bond acceptors (Lipinski definition) is 3. The fraction of sp³-hybridized carbons (Fsp3) is 0.333. The third-order valence-electron chi connectivity index (χ3n) is 3.72. The molecule has 2 rings (SSSR count). The van der Waals surface area contributed by atoms with E-state index >= 15 is 0 Å². The number of Topliss-reactive ketones (excluding diaryl/α,β-unsaturated/α-hetero) is 1. The van der Waals surface area contributed by atoms with Gasteiger partial charge in [0, 0.05) is 23.0 Å². The van der Waals surface area contributed by atoms with Crippen LogP contribution in [-0.2, 0) is 6.42 Å². The number of aryl methyl sites for hydroxylation is 1. The van der Waals surface area contributed by atoms with Crippen LogP contribution in [0.1, 0.15) is 46.0 Å². The van der Waals surface area contributed by atoms with Gasteiger partial charge < -0.3 is 15.0 Å². The van der Waals surface area contributed by atoms with Crippen molar-refractivity contribution in [3.63, 3.8) is 0 Å². The molecule has 0 fully saturated rings. The van der Waals surface area contributed by atoms with Crippen molar-refractivity contribution in [2.75, 3.05) is 11.9 Å². The third-order valence-corrected chi connectivity index (χ3v) is 3.72. The number of benzene rings is 1. The van der Waals surface area contributed by atoms with E-state index in [1.807, 2.05) is 6.92 Å². The van der Waals surface area contributed by atoms with E-state index in [0.717, 1.165) is 0 Å². The lowest BCUT2D eigenvalue weighted by Crippen LogP contribution is -2.19. The minimum atomic E-state index is -4.44. The zero-order chi connectivity index (χ0) is 19.5. The highest BCUT2D eigenvalue weighted by Gasteiger charge is 2.28. The van der Waals surface area contributed by atoms with Crippen LogP contribution >= 0.6 is 0 Å². The van der Waals surface area contributed by atoms with E-state index in [2.05, 4.69) is 15.0 Å². The molecule has 140 valence electrons. The first-order chi connectivity index (χ1) is 12.1. The molecule has 0 aliphatic rings. The Bertz CT molecular complexity index is 826. The maximum Gasteiger partial charge on any atom is 0.422 e. The first kappa shape index (κ1) is 19.6. The summed E-state index contributed by atoms with van der Waals surface area (Å²) in [5.41, 5.74) is 2.24. The Labute approximate surface area is 148 Å². The first-order valence-electron chi connectivity index (χ1n) is 7.95. The number of carbonyl (C=O) groups is 2. The second kappa shape index (κ2) is 7.63. The lowest BCUT2D eigenvalue weighted by Gasteiger charge is -2.11. The van der Waals surface area contributed by atoms with Crippen LogP contribution in [0.2, 0.25) is 0 Å². The van der Waals surface area contributed by atoms with E-state index in [1.54, 1.807) is 6.92 Å². The Hall–Kier alpha value is -2.77. The van der Waals surface area contributed by atoms with E-state index in [9.17, 15) is 22.8 Å². The Kier molecular flexibility index (Phi) is 5.74. The van der Waals surface area contributed by atoms with Crippen LogP contribution < -0.4 is 10.1 Å². The molecule has 0 aliphatic heterocycles. The Morgan fingerprint density at radius 3 is 2.54 bits per heavy atom. The van der Waals surface area contributed by atoms with Crippen molar-refractivity contribution in [3.8, 4) is 5.75 Å². The van der Waals surface area contributed by atoms with E-state index < -0.39 is 18.7 Å². The fourth-order valence-electron chi connectivity index (χ4n) is 2.72. The number of anilines is 1. The molecule has 8 heteroatoms. The largest absolute Gasteiger partial charge is 0.484 e. The summed E-state index contributed by atoms with van der Waals surface area (Å²) in [6.45, 7) is 3.55. The average Bonchev–Trinajstić information content (AvgIpc) is 2.89. The number of nitrogens with one attached hydrogen (secondary N) is 2. The van der Waals surface area contributed by atoms with Gasteiger partial charge in [-0.2, -0.15) is 13.2 Å². The number of ether oxygens (including phenoxy) is 1. The highest BCUT2D eigenvalue weighted by atomic mass is 19.4. The number of aromatic amines is 1. The van der Waals surface area contributed by atoms with Gasteiger partial charge in [-0.1, -0.05) is 13.0 Å². The molecule has 0 unspecified atom stereocenters. The van der Waals surface area contributed by atoms with Crippen molar-refractivity contribution in [3.05, 3.63) is 46.8 Å². The summed E-state index contributed by atoms with van der Waals surface area (Å²) in [5, 5.41) is 2.61. The SMILES string of the molecule is CCc1c(C(=O)Nc2cccc(OCC(F)(F)F)c2)[nH]c(C)c1C(C)=O. The van der Waals surface area contributed by atoms with Crippen molar-refractivity contribution in [2.45, 2.75) is 33.4 Å². The number of rotatable bonds is 6. The summed E-state index contributed by atoms with van der Waals surface area (Å²) in [6.07, 6.45) is -3.96. The number of halogens is 3. The van der Waals surface area contributed by atoms with Crippen LogP contribution in [0.5, 0.6) is 5.75 Å². The molecule has 0 radical (unpaired) electrons. The Balaban J connectivity index is 2.20. The second-order valence-corrected chi connectivity index (χ2v) is 5.77. The standard InChI is InChI=1S/C18H19F3N2O3/c1-4-14-15(11(3)24)10(2)22-16(14)17(25)23-12-6-5-7-13(8-12)26-9-18(19,20)21/h5-8,22H,4,9H2,1-3H3,(H,23,25). The van der Waals surface area contributed by atoms with Crippen LogP contribution in [0.4, 0.5) is 18.9 Å². The Morgan fingerprint density at radius 1 is 1.27 bits per heavy atom. The van der Waals surface area contributed by atoms with Crippen molar-refractivity contribution in [1.29, 1.82) is 0 Å². The Morgan fingerprint density at radius 2 is 1.96 bits per heavy atom. The third kappa shape index (κ3) is 4.65. The van der Waals surface area contributed by atoms with Crippen molar-refractivity contribution in [2.24, 2.45) is 0 Å². The predicted octanol–water partition coefficient (Wildman–Crippen LogP) is 4.28. The van der Waals surface area contributed by atoms with Gasteiger partial charge in [-0.25, -0.2) is 0 Å². The molecule has 26 heavy (non-hydrogen) atoms. The minimum absolute atomic E-state index is 0.0112. The molecule has 0 aliphatic carbocycles. The van der Waals surface area contributed by atoms with Gasteiger partial charge in [0.15, 0.2) is 12.4 Å². The van der Waals surface area contributed by atoms with Crippen LogP contribution in [0.25, 0.3) is 0 Å². The van der Waals surface area contributed by atoms with Crippen molar-refractivity contribution < 1.29 is 27.5 Å². The van der Waals surface area contributed by atoms with Gasteiger partial charge >= 0.3 is 6.18 Å². The monoisotopic (exact) mass is 368 g/mol.